The van der Waals surface area contributed by atoms with Gasteiger partial charge < -0.3 is 5.32 Å². The van der Waals surface area contributed by atoms with Crippen LogP contribution < -0.4 is 5.32 Å². The lowest BCUT2D eigenvalue weighted by Gasteiger charge is -2.08. The molecule has 0 unspecified atom stereocenters. The Labute approximate surface area is 125 Å². The highest BCUT2D eigenvalue weighted by Gasteiger charge is 2.15. The predicted octanol–water partition coefficient (Wildman–Crippen LogP) is 3.62. The summed E-state index contributed by atoms with van der Waals surface area (Å²) in [6, 6.07) is 5.91. The zero-order valence-corrected chi connectivity index (χ0v) is 12.9. The number of amides is 1. The summed E-state index contributed by atoms with van der Waals surface area (Å²) in [5.41, 5.74) is 1.73. The number of carbonyl (C=O) groups excluding carboxylic acids is 1. The number of anilines is 1. The van der Waals surface area contributed by atoms with E-state index < -0.39 is 5.82 Å². The van der Waals surface area contributed by atoms with Gasteiger partial charge in [0.2, 0.25) is 0 Å². The van der Waals surface area contributed by atoms with Crippen LogP contribution in [0.25, 0.3) is 0 Å². The molecule has 6 heteroatoms. The van der Waals surface area contributed by atoms with E-state index in [1.165, 1.54) is 12.1 Å². The predicted molar refractivity (Wildman–Crippen MR) is 79.3 cm³/mol. The Balaban J connectivity index is 2.28. The lowest BCUT2D eigenvalue weighted by molar-refractivity contribution is 0.101. The molecule has 0 aliphatic carbocycles. The minimum Gasteiger partial charge on any atom is -0.320 e. The maximum absolute atomic E-state index is 13.2. The summed E-state index contributed by atoms with van der Waals surface area (Å²) in [5, 5.41) is 7.01. The van der Waals surface area contributed by atoms with Gasteiger partial charge in [-0.2, -0.15) is 5.10 Å². The summed E-state index contributed by atoms with van der Waals surface area (Å²) in [5.74, 6) is -0.702. The zero-order valence-electron chi connectivity index (χ0n) is 11.3. The van der Waals surface area contributed by atoms with Crippen molar-refractivity contribution in [2.45, 2.75) is 26.8 Å². The van der Waals surface area contributed by atoms with Crippen LogP contribution in [0.3, 0.4) is 0 Å². The summed E-state index contributed by atoms with van der Waals surface area (Å²) in [7, 11) is 0. The van der Waals surface area contributed by atoms with Crippen molar-refractivity contribution in [1.82, 2.24) is 9.78 Å². The van der Waals surface area contributed by atoms with Gasteiger partial charge in [0.25, 0.3) is 5.91 Å². The number of rotatable bonds is 4. The number of hydrogen-bond donors (Lipinski definition) is 1. The smallest absolute Gasteiger partial charge is 0.273 e. The van der Waals surface area contributed by atoms with Crippen LogP contribution in [0.5, 0.6) is 0 Å². The van der Waals surface area contributed by atoms with Crippen molar-refractivity contribution < 1.29 is 9.18 Å². The molecule has 0 spiro atoms. The van der Waals surface area contributed by atoms with E-state index in [1.54, 1.807) is 16.8 Å². The lowest BCUT2D eigenvalue weighted by atomic mass is 10.2. The van der Waals surface area contributed by atoms with Crippen molar-refractivity contribution in [1.29, 1.82) is 0 Å². The van der Waals surface area contributed by atoms with Crippen molar-refractivity contribution in [3.63, 3.8) is 0 Å². The number of nitrogens with zero attached hydrogens (tertiary/aromatic N) is 2. The maximum atomic E-state index is 13.2. The minimum absolute atomic E-state index is 0.301. The molecule has 1 amide bonds. The minimum atomic E-state index is -0.401. The summed E-state index contributed by atoms with van der Waals surface area (Å²) in [4.78, 5) is 12.3. The van der Waals surface area contributed by atoms with Gasteiger partial charge in [0.15, 0.2) is 0 Å². The van der Waals surface area contributed by atoms with Crippen molar-refractivity contribution in [2.75, 3.05) is 5.32 Å². The van der Waals surface area contributed by atoms with Crippen LogP contribution in [0.2, 0.25) is 0 Å². The van der Waals surface area contributed by atoms with Crippen LogP contribution in [0.4, 0.5) is 10.1 Å². The second kappa shape index (κ2) is 6.17. The Kier molecular flexibility index (Phi) is 4.54. The Morgan fingerprint density at radius 3 is 2.80 bits per heavy atom. The molecule has 0 saturated carbocycles. The van der Waals surface area contributed by atoms with Gasteiger partial charge in [0, 0.05) is 11.0 Å². The molecule has 0 atom stereocenters. The molecule has 106 valence electrons. The molecule has 0 aliphatic heterocycles. The first kappa shape index (κ1) is 14.7. The van der Waals surface area contributed by atoms with Crippen molar-refractivity contribution in [3.8, 4) is 0 Å². The summed E-state index contributed by atoms with van der Waals surface area (Å²) in [6.07, 6.45) is 0.761. The average Bonchev–Trinajstić information content (AvgIpc) is 2.86. The third kappa shape index (κ3) is 3.07. The fourth-order valence-electron chi connectivity index (χ4n) is 1.85. The van der Waals surface area contributed by atoms with Gasteiger partial charge in [0.1, 0.15) is 11.5 Å². The molecular weight excluding hydrogens is 325 g/mol. The Bertz CT molecular complexity index is 639. The fraction of sp³-hybridized carbons (Fsp3) is 0.286. The molecule has 1 N–H and O–H groups in total. The Morgan fingerprint density at radius 1 is 1.40 bits per heavy atom. The number of benzene rings is 1. The molecule has 0 aliphatic rings. The van der Waals surface area contributed by atoms with Crippen LogP contribution in [0.1, 0.15) is 30.0 Å². The number of nitrogens with one attached hydrogen (secondary N) is 1. The highest BCUT2D eigenvalue weighted by Crippen LogP contribution is 2.23. The quantitative estimate of drug-likeness (QED) is 0.924. The Morgan fingerprint density at radius 2 is 2.15 bits per heavy atom. The molecule has 4 nitrogen and oxygen atoms in total. The molecule has 2 aromatic rings. The molecule has 1 heterocycles. The largest absolute Gasteiger partial charge is 0.320 e. The van der Waals surface area contributed by atoms with Gasteiger partial charge in [-0.05, 0) is 53.5 Å². The van der Waals surface area contributed by atoms with Crippen molar-refractivity contribution >= 4 is 27.5 Å². The molecular formula is C14H15BrFN3O. The fourth-order valence-corrected chi connectivity index (χ4v) is 2.19. The van der Waals surface area contributed by atoms with Gasteiger partial charge >= 0.3 is 0 Å². The summed E-state index contributed by atoms with van der Waals surface area (Å²) >= 11 is 3.28. The van der Waals surface area contributed by atoms with Gasteiger partial charge in [-0.15, -0.1) is 0 Å². The summed E-state index contributed by atoms with van der Waals surface area (Å²) < 4.78 is 15.5. The zero-order chi connectivity index (χ0) is 14.7. The van der Waals surface area contributed by atoms with Gasteiger partial charge in [-0.1, -0.05) is 6.92 Å². The van der Waals surface area contributed by atoms with Crippen molar-refractivity contribution in [2.24, 2.45) is 0 Å². The third-order valence-corrected chi connectivity index (χ3v) is 3.59. The first-order valence-corrected chi connectivity index (χ1v) is 7.17. The van der Waals surface area contributed by atoms with E-state index >= 15 is 0 Å². The molecule has 0 saturated heterocycles. The van der Waals surface area contributed by atoms with Crippen LogP contribution in [0.15, 0.2) is 28.7 Å². The second-order valence-electron chi connectivity index (χ2n) is 4.27. The number of aromatic nitrogens is 2. The number of halogens is 2. The van der Waals surface area contributed by atoms with Crippen LogP contribution >= 0.6 is 15.9 Å². The van der Waals surface area contributed by atoms with Gasteiger partial charge in [-0.25, -0.2) is 4.39 Å². The molecule has 1 aromatic heterocycles. The number of hydrogen-bond acceptors (Lipinski definition) is 2. The van der Waals surface area contributed by atoms with E-state index in [2.05, 4.69) is 26.3 Å². The molecule has 20 heavy (non-hydrogen) atoms. The monoisotopic (exact) mass is 339 g/mol. The lowest BCUT2D eigenvalue weighted by Crippen LogP contribution is -2.17. The molecule has 0 fully saturated rings. The summed E-state index contributed by atoms with van der Waals surface area (Å²) in [6.45, 7) is 4.50. The topological polar surface area (TPSA) is 46.9 Å². The highest BCUT2D eigenvalue weighted by molar-refractivity contribution is 9.10. The number of carbonyl (C=O) groups is 1. The first-order valence-electron chi connectivity index (χ1n) is 6.38. The normalized spacial score (nSPS) is 10.6. The molecule has 1 aromatic carbocycles. The van der Waals surface area contributed by atoms with E-state index in [0.717, 1.165) is 12.1 Å². The van der Waals surface area contributed by atoms with Gasteiger partial charge in [-0.3, -0.25) is 9.48 Å². The maximum Gasteiger partial charge on any atom is 0.273 e. The van der Waals surface area contributed by atoms with E-state index in [-0.39, 0.29) is 5.91 Å². The molecule has 0 bridgehead atoms. The Hall–Kier alpha value is -1.69. The van der Waals surface area contributed by atoms with Gasteiger partial charge in [0.05, 0.1) is 11.4 Å². The third-order valence-electron chi connectivity index (χ3n) is 2.90. The van der Waals surface area contributed by atoms with E-state index in [4.69, 9.17) is 0 Å². The van der Waals surface area contributed by atoms with E-state index in [1.807, 2.05) is 13.8 Å². The van der Waals surface area contributed by atoms with Crippen molar-refractivity contribution in [3.05, 3.63) is 45.9 Å². The molecule has 0 radical (unpaired) electrons. The van der Waals surface area contributed by atoms with E-state index in [9.17, 15) is 9.18 Å². The van der Waals surface area contributed by atoms with Crippen LogP contribution in [-0.4, -0.2) is 15.7 Å². The van der Waals surface area contributed by atoms with E-state index in [0.29, 0.717) is 22.4 Å². The second-order valence-corrected chi connectivity index (χ2v) is 5.12. The van der Waals surface area contributed by atoms with Crippen LogP contribution in [0, 0.1) is 5.82 Å². The highest BCUT2D eigenvalue weighted by atomic mass is 79.9. The number of aryl methyl sites for hydroxylation is 2. The average molecular weight is 340 g/mol. The molecule has 2 rings (SSSR count). The SMILES string of the molecule is CCc1cc(C(=O)Nc2cc(F)ccc2Br)n(CC)n1. The first-order chi connectivity index (χ1) is 9.55. The van der Waals surface area contributed by atoms with Crippen LogP contribution in [-0.2, 0) is 13.0 Å². The standard InChI is InChI=1S/C14H15BrFN3O/c1-3-10-8-13(19(4-2)18-10)14(20)17-12-7-9(16)5-6-11(12)15/h5-8H,3-4H2,1-2H3,(H,17,20).